The zero-order chi connectivity index (χ0) is 20.2. The first kappa shape index (κ1) is 27.1. The first-order valence-electron chi connectivity index (χ1n) is 10.2. The van der Waals surface area contributed by atoms with E-state index in [1.807, 2.05) is 0 Å². The van der Waals surface area contributed by atoms with E-state index in [-0.39, 0.29) is 36.6 Å². The van der Waals surface area contributed by atoms with Crippen molar-refractivity contribution in [1.82, 2.24) is 15.5 Å². The number of aliphatic imine (C=N–C) groups is 1. The van der Waals surface area contributed by atoms with Gasteiger partial charge in [0, 0.05) is 26.2 Å². The Morgan fingerprint density at radius 2 is 1.79 bits per heavy atom. The number of aryl methyl sites for hydroxylation is 1. The van der Waals surface area contributed by atoms with Crippen LogP contribution in [0.15, 0.2) is 29.3 Å². The molecule has 1 rings (SSSR count). The van der Waals surface area contributed by atoms with Crippen molar-refractivity contribution in [1.29, 1.82) is 0 Å². The number of aliphatic hydroxyl groups excluding tert-OH is 1. The molecule has 0 aromatic heterocycles. The van der Waals surface area contributed by atoms with E-state index >= 15 is 0 Å². The van der Waals surface area contributed by atoms with E-state index in [0.29, 0.717) is 11.8 Å². The van der Waals surface area contributed by atoms with E-state index in [1.165, 1.54) is 11.1 Å². The van der Waals surface area contributed by atoms with Gasteiger partial charge in [0.25, 0.3) is 0 Å². The molecular formula is C22H41IN4O. The van der Waals surface area contributed by atoms with Gasteiger partial charge in [-0.25, -0.2) is 0 Å². The lowest BCUT2D eigenvalue weighted by Gasteiger charge is -2.26. The minimum absolute atomic E-state index is 0. The van der Waals surface area contributed by atoms with Gasteiger partial charge in [0.05, 0.1) is 6.04 Å². The summed E-state index contributed by atoms with van der Waals surface area (Å²) < 4.78 is 0. The number of aliphatic hydroxyl groups is 1. The highest BCUT2D eigenvalue weighted by Crippen LogP contribution is 2.18. The molecule has 0 saturated carbocycles. The van der Waals surface area contributed by atoms with Crippen molar-refractivity contribution in [2.24, 2.45) is 16.8 Å². The quantitative estimate of drug-likeness (QED) is 0.244. The van der Waals surface area contributed by atoms with Gasteiger partial charge in [-0.15, -0.1) is 24.0 Å². The Labute approximate surface area is 189 Å². The molecule has 6 heteroatoms. The molecule has 1 aromatic carbocycles. The van der Waals surface area contributed by atoms with Gasteiger partial charge in [-0.05, 0) is 58.2 Å². The second-order valence-corrected chi connectivity index (χ2v) is 8.00. The van der Waals surface area contributed by atoms with Crippen molar-refractivity contribution in [2.75, 3.05) is 40.3 Å². The molecule has 0 heterocycles. The minimum Gasteiger partial charge on any atom is -0.396 e. The normalized spacial score (nSPS) is 14.0. The third-order valence-electron chi connectivity index (χ3n) is 4.74. The molecule has 5 nitrogen and oxygen atoms in total. The van der Waals surface area contributed by atoms with Crippen LogP contribution in [0, 0.1) is 18.8 Å². The zero-order valence-corrected chi connectivity index (χ0v) is 20.9. The van der Waals surface area contributed by atoms with E-state index < -0.39 is 0 Å². The number of rotatable bonds is 11. The lowest BCUT2D eigenvalue weighted by atomic mass is 9.94. The molecule has 0 aliphatic rings. The number of guanidine groups is 1. The Bertz CT molecular complexity index is 546. The SMILES string of the molecule is CCNC(=NCC(CCO)CC(C)C)NCC(c1ccc(C)cc1)N(C)C.I. The van der Waals surface area contributed by atoms with E-state index in [4.69, 9.17) is 4.99 Å². The summed E-state index contributed by atoms with van der Waals surface area (Å²) in [6.07, 6.45) is 1.90. The van der Waals surface area contributed by atoms with Crippen molar-refractivity contribution in [3.63, 3.8) is 0 Å². The predicted molar refractivity (Wildman–Crippen MR) is 132 cm³/mol. The molecule has 162 valence electrons. The molecule has 3 N–H and O–H groups in total. The Morgan fingerprint density at radius 3 is 2.29 bits per heavy atom. The standard InChI is InChI=1S/C22H40N4O.HI/c1-7-23-22(24-15-19(12-13-27)14-17(2)3)25-16-21(26(5)6)20-10-8-18(4)9-11-20;/h8-11,17,19,21,27H,7,12-16H2,1-6H3,(H2,23,24,25);1H. The maximum atomic E-state index is 9.32. The van der Waals surface area contributed by atoms with Gasteiger partial charge in [0.15, 0.2) is 5.96 Å². The van der Waals surface area contributed by atoms with E-state index in [9.17, 15) is 5.11 Å². The maximum absolute atomic E-state index is 9.32. The van der Waals surface area contributed by atoms with E-state index in [1.54, 1.807) is 0 Å². The summed E-state index contributed by atoms with van der Waals surface area (Å²) >= 11 is 0. The van der Waals surface area contributed by atoms with Crippen LogP contribution < -0.4 is 10.6 Å². The largest absolute Gasteiger partial charge is 0.396 e. The van der Waals surface area contributed by atoms with Crippen LogP contribution in [-0.2, 0) is 0 Å². The number of hydrogen-bond donors (Lipinski definition) is 3. The number of hydrogen-bond acceptors (Lipinski definition) is 3. The molecule has 0 bridgehead atoms. The highest BCUT2D eigenvalue weighted by Gasteiger charge is 2.15. The second-order valence-electron chi connectivity index (χ2n) is 8.00. The molecular weight excluding hydrogens is 463 g/mol. The van der Waals surface area contributed by atoms with Crippen LogP contribution in [0.1, 0.15) is 50.8 Å². The summed E-state index contributed by atoms with van der Waals surface area (Å²) in [5.74, 6) is 1.89. The maximum Gasteiger partial charge on any atom is 0.191 e. The fraction of sp³-hybridized carbons (Fsp3) is 0.682. The topological polar surface area (TPSA) is 59.9 Å². The van der Waals surface area contributed by atoms with Crippen molar-refractivity contribution < 1.29 is 5.11 Å². The molecule has 1 aromatic rings. The summed E-state index contributed by atoms with van der Waals surface area (Å²) in [5.41, 5.74) is 2.58. The zero-order valence-electron chi connectivity index (χ0n) is 18.5. The average molecular weight is 505 g/mol. The van der Waals surface area contributed by atoms with E-state index in [2.05, 4.69) is 81.6 Å². The molecule has 2 unspecified atom stereocenters. The molecule has 0 aliphatic heterocycles. The molecule has 0 fully saturated rings. The van der Waals surface area contributed by atoms with Crippen LogP contribution in [0.4, 0.5) is 0 Å². The monoisotopic (exact) mass is 504 g/mol. The Balaban J connectivity index is 0.00000729. The highest BCUT2D eigenvalue weighted by molar-refractivity contribution is 14.0. The number of benzene rings is 1. The summed E-state index contributed by atoms with van der Waals surface area (Å²) in [5, 5.41) is 16.2. The molecule has 0 amide bonds. The number of nitrogens with zero attached hydrogens (tertiary/aromatic N) is 2. The number of nitrogens with one attached hydrogen (secondary N) is 2. The fourth-order valence-electron chi connectivity index (χ4n) is 3.28. The lowest BCUT2D eigenvalue weighted by Crippen LogP contribution is -2.42. The van der Waals surface area contributed by atoms with Crippen molar-refractivity contribution in [3.05, 3.63) is 35.4 Å². The van der Waals surface area contributed by atoms with Crippen molar-refractivity contribution >= 4 is 29.9 Å². The Hall–Kier alpha value is -0.860. The Kier molecular flexibility index (Phi) is 14.6. The summed E-state index contributed by atoms with van der Waals surface area (Å²) in [6, 6.07) is 9.00. The van der Waals surface area contributed by atoms with Gasteiger partial charge < -0.3 is 20.6 Å². The van der Waals surface area contributed by atoms with Gasteiger partial charge in [0.1, 0.15) is 0 Å². The van der Waals surface area contributed by atoms with Gasteiger partial charge in [-0.2, -0.15) is 0 Å². The number of likely N-dealkylation sites (N-methyl/N-ethyl adjacent to an activating group) is 1. The summed E-state index contributed by atoms with van der Waals surface area (Å²) in [4.78, 5) is 7.02. The van der Waals surface area contributed by atoms with Gasteiger partial charge in [-0.3, -0.25) is 4.99 Å². The minimum atomic E-state index is 0. The Morgan fingerprint density at radius 1 is 1.14 bits per heavy atom. The van der Waals surface area contributed by atoms with Gasteiger partial charge in [-0.1, -0.05) is 43.7 Å². The lowest BCUT2D eigenvalue weighted by molar-refractivity contribution is 0.245. The highest BCUT2D eigenvalue weighted by atomic mass is 127. The predicted octanol–water partition coefficient (Wildman–Crippen LogP) is 3.82. The fourth-order valence-corrected chi connectivity index (χ4v) is 3.28. The summed E-state index contributed by atoms with van der Waals surface area (Å²) in [6.45, 7) is 11.2. The molecule has 28 heavy (non-hydrogen) atoms. The number of halogens is 1. The van der Waals surface area contributed by atoms with Crippen LogP contribution in [0.25, 0.3) is 0 Å². The first-order valence-corrected chi connectivity index (χ1v) is 10.2. The van der Waals surface area contributed by atoms with Crippen LogP contribution in [0.3, 0.4) is 0 Å². The molecule has 0 aliphatic carbocycles. The van der Waals surface area contributed by atoms with Crippen LogP contribution in [-0.4, -0.2) is 56.3 Å². The second kappa shape index (κ2) is 15.0. The molecule has 0 spiro atoms. The van der Waals surface area contributed by atoms with Gasteiger partial charge in [0.2, 0.25) is 0 Å². The molecule has 2 atom stereocenters. The van der Waals surface area contributed by atoms with Crippen LogP contribution >= 0.6 is 24.0 Å². The van der Waals surface area contributed by atoms with Crippen LogP contribution in [0.5, 0.6) is 0 Å². The smallest absolute Gasteiger partial charge is 0.191 e. The van der Waals surface area contributed by atoms with Crippen molar-refractivity contribution in [2.45, 2.75) is 46.6 Å². The van der Waals surface area contributed by atoms with Crippen molar-refractivity contribution in [3.8, 4) is 0 Å². The van der Waals surface area contributed by atoms with Gasteiger partial charge >= 0.3 is 0 Å². The first-order chi connectivity index (χ1) is 12.9. The van der Waals surface area contributed by atoms with Crippen LogP contribution in [0.2, 0.25) is 0 Å². The molecule has 0 radical (unpaired) electrons. The third-order valence-corrected chi connectivity index (χ3v) is 4.74. The third kappa shape index (κ3) is 10.6. The summed E-state index contributed by atoms with van der Waals surface area (Å²) in [7, 11) is 4.21. The average Bonchev–Trinajstić information content (AvgIpc) is 2.60. The molecule has 0 saturated heterocycles. The van der Waals surface area contributed by atoms with E-state index in [0.717, 1.165) is 38.4 Å².